The maximum Gasteiger partial charge on any atom is 0.230 e. The van der Waals surface area contributed by atoms with E-state index in [4.69, 9.17) is 0 Å². The van der Waals surface area contributed by atoms with Crippen molar-refractivity contribution in [3.05, 3.63) is 70.8 Å². The van der Waals surface area contributed by atoms with E-state index in [1.807, 2.05) is 18.2 Å². The number of fused-ring (bicyclic) bond motifs is 1. The molecule has 0 spiro atoms. The van der Waals surface area contributed by atoms with Crippen LogP contribution in [-0.2, 0) is 23.4 Å². The van der Waals surface area contributed by atoms with Gasteiger partial charge in [0.05, 0.1) is 11.8 Å². The molecule has 0 fully saturated rings. The van der Waals surface area contributed by atoms with Crippen LogP contribution in [-0.4, -0.2) is 11.7 Å². The van der Waals surface area contributed by atoms with Crippen molar-refractivity contribution in [1.82, 2.24) is 5.32 Å². The zero-order valence-corrected chi connectivity index (χ0v) is 15.1. The standard InChI is InChI=1S/C21H25NOS/c1-16(19-12-11-18-9-5-6-10-20(18)13-19)22-21(23)15-24-14-17-7-3-2-4-8-17/h2-4,7-8,11-13,16H,5-6,9-10,14-15H2,1H3,(H,22,23)/t16-/m1/s1. The molecule has 1 aliphatic rings. The van der Waals surface area contributed by atoms with Crippen molar-refractivity contribution in [2.24, 2.45) is 0 Å². The molecule has 1 N–H and O–H groups in total. The van der Waals surface area contributed by atoms with Gasteiger partial charge in [-0.1, -0.05) is 48.5 Å². The van der Waals surface area contributed by atoms with Crippen molar-refractivity contribution >= 4 is 17.7 Å². The van der Waals surface area contributed by atoms with Gasteiger partial charge in [-0.25, -0.2) is 0 Å². The van der Waals surface area contributed by atoms with Gasteiger partial charge in [0, 0.05) is 5.75 Å². The number of hydrogen-bond donors (Lipinski definition) is 1. The molecule has 1 aliphatic carbocycles. The number of hydrogen-bond acceptors (Lipinski definition) is 2. The van der Waals surface area contributed by atoms with Gasteiger partial charge < -0.3 is 5.32 Å². The van der Waals surface area contributed by atoms with Crippen molar-refractivity contribution in [2.45, 2.75) is 44.4 Å². The molecular weight excluding hydrogens is 314 g/mol. The first-order chi connectivity index (χ1) is 11.7. The second kappa shape index (κ2) is 8.39. The monoisotopic (exact) mass is 339 g/mol. The zero-order valence-electron chi connectivity index (χ0n) is 14.3. The SMILES string of the molecule is C[C@@H](NC(=O)CSCc1ccccc1)c1ccc2c(c1)CCCC2. The smallest absolute Gasteiger partial charge is 0.230 e. The number of rotatable bonds is 6. The van der Waals surface area contributed by atoms with Crippen molar-refractivity contribution in [3.63, 3.8) is 0 Å². The Labute approximate surface area is 149 Å². The van der Waals surface area contributed by atoms with Crippen LogP contribution in [0.5, 0.6) is 0 Å². The molecular formula is C21H25NOS. The Morgan fingerprint density at radius 1 is 1.08 bits per heavy atom. The number of amides is 1. The zero-order chi connectivity index (χ0) is 16.8. The van der Waals surface area contributed by atoms with Crippen molar-refractivity contribution in [2.75, 3.05) is 5.75 Å². The maximum atomic E-state index is 12.2. The fourth-order valence-electron chi connectivity index (χ4n) is 3.23. The molecule has 2 nitrogen and oxygen atoms in total. The van der Waals surface area contributed by atoms with Crippen LogP contribution in [0, 0.1) is 0 Å². The number of thioether (sulfide) groups is 1. The first-order valence-corrected chi connectivity index (χ1v) is 9.90. The number of aryl methyl sites for hydroxylation is 2. The van der Waals surface area contributed by atoms with Gasteiger partial charge in [0.1, 0.15) is 0 Å². The first-order valence-electron chi connectivity index (χ1n) is 8.75. The predicted octanol–water partition coefficient (Wildman–Crippen LogP) is 4.68. The van der Waals surface area contributed by atoms with Crippen LogP contribution in [0.3, 0.4) is 0 Å². The molecule has 0 heterocycles. The third-order valence-electron chi connectivity index (χ3n) is 4.59. The highest BCUT2D eigenvalue weighted by atomic mass is 32.2. The third-order valence-corrected chi connectivity index (χ3v) is 5.60. The number of benzene rings is 2. The van der Waals surface area contributed by atoms with Crippen LogP contribution in [0.4, 0.5) is 0 Å². The van der Waals surface area contributed by atoms with E-state index >= 15 is 0 Å². The Bertz CT molecular complexity index is 683. The Balaban J connectivity index is 1.49. The van der Waals surface area contributed by atoms with Crippen molar-refractivity contribution in [3.8, 4) is 0 Å². The molecule has 2 aromatic rings. The lowest BCUT2D eigenvalue weighted by atomic mass is 9.89. The van der Waals surface area contributed by atoms with Gasteiger partial charge in [-0.05, 0) is 54.9 Å². The van der Waals surface area contributed by atoms with Crippen LogP contribution in [0.1, 0.15) is 48.1 Å². The van der Waals surface area contributed by atoms with Gasteiger partial charge in [-0.3, -0.25) is 4.79 Å². The molecule has 0 unspecified atom stereocenters. The number of carbonyl (C=O) groups excluding carboxylic acids is 1. The molecule has 0 aromatic heterocycles. The molecule has 2 aromatic carbocycles. The van der Waals surface area contributed by atoms with Gasteiger partial charge in [0.2, 0.25) is 5.91 Å². The van der Waals surface area contributed by atoms with Crippen LogP contribution >= 0.6 is 11.8 Å². The van der Waals surface area contributed by atoms with Gasteiger partial charge in [-0.2, -0.15) is 0 Å². The Morgan fingerprint density at radius 3 is 2.62 bits per heavy atom. The Kier molecular flexibility index (Phi) is 5.97. The van der Waals surface area contributed by atoms with Crippen LogP contribution < -0.4 is 5.32 Å². The van der Waals surface area contributed by atoms with E-state index < -0.39 is 0 Å². The van der Waals surface area contributed by atoms with Crippen molar-refractivity contribution in [1.29, 1.82) is 0 Å². The molecule has 1 atom stereocenters. The molecule has 1 amide bonds. The molecule has 3 rings (SSSR count). The van der Waals surface area contributed by atoms with Gasteiger partial charge in [0.15, 0.2) is 0 Å². The first kappa shape index (κ1) is 17.1. The second-order valence-electron chi connectivity index (χ2n) is 6.50. The average Bonchev–Trinajstić information content (AvgIpc) is 2.62. The molecule has 24 heavy (non-hydrogen) atoms. The minimum absolute atomic E-state index is 0.0713. The van der Waals surface area contributed by atoms with Crippen LogP contribution in [0.2, 0.25) is 0 Å². The minimum Gasteiger partial charge on any atom is -0.349 e. The van der Waals surface area contributed by atoms with Crippen LogP contribution in [0.15, 0.2) is 48.5 Å². The predicted molar refractivity (Wildman–Crippen MR) is 102 cm³/mol. The van der Waals surface area contributed by atoms with Crippen LogP contribution in [0.25, 0.3) is 0 Å². The summed E-state index contributed by atoms with van der Waals surface area (Å²) in [7, 11) is 0. The highest BCUT2D eigenvalue weighted by molar-refractivity contribution is 7.99. The fraction of sp³-hybridized carbons (Fsp3) is 0.381. The van der Waals surface area contributed by atoms with Crippen molar-refractivity contribution < 1.29 is 4.79 Å². The normalized spacial score (nSPS) is 14.7. The second-order valence-corrected chi connectivity index (χ2v) is 7.49. The molecule has 0 saturated carbocycles. The Hall–Kier alpha value is -1.74. The summed E-state index contributed by atoms with van der Waals surface area (Å²) in [6.45, 7) is 2.07. The van der Waals surface area contributed by atoms with E-state index in [0.717, 1.165) is 5.75 Å². The lowest BCUT2D eigenvalue weighted by Crippen LogP contribution is -2.28. The van der Waals surface area contributed by atoms with E-state index in [1.54, 1.807) is 11.8 Å². The number of carbonyl (C=O) groups is 1. The summed E-state index contributed by atoms with van der Waals surface area (Å²) in [4.78, 5) is 12.2. The van der Waals surface area contributed by atoms with E-state index in [2.05, 4.69) is 42.6 Å². The summed E-state index contributed by atoms with van der Waals surface area (Å²) in [6, 6.07) is 17.1. The summed E-state index contributed by atoms with van der Waals surface area (Å²) in [5.74, 6) is 1.49. The number of nitrogens with one attached hydrogen (secondary N) is 1. The molecule has 0 radical (unpaired) electrons. The quantitative estimate of drug-likeness (QED) is 0.828. The molecule has 0 aliphatic heterocycles. The summed E-state index contributed by atoms with van der Waals surface area (Å²) in [5, 5.41) is 3.13. The lowest BCUT2D eigenvalue weighted by Gasteiger charge is -2.20. The summed E-state index contributed by atoms with van der Waals surface area (Å²) in [5.41, 5.74) is 5.44. The largest absolute Gasteiger partial charge is 0.349 e. The summed E-state index contributed by atoms with van der Waals surface area (Å²) < 4.78 is 0. The van der Waals surface area contributed by atoms with Gasteiger partial charge in [0.25, 0.3) is 0 Å². The third kappa shape index (κ3) is 4.64. The highest BCUT2D eigenvalue weighted by Crippen LogP contribution is 2.24. The van der Waals surface area contributed by atoms with E-state index in [9.17, 15) is 4.79 Å². The lowest BCUT2D eigenvalue weighted by molar-refractivity contribution is -0.119. The highest BCUT2D eigenvalue weighted by Gasteiger charge is 2.14. The maximum absolute atomic E-state index is 12.2. The molecule has 0 saturated heterocycles. The van der Waals surface area contributed by atoms with Gasteiger partial charge >= 0.3 is 0 Å². The van der Waals surface area contributed by atoms with E-state index in [0.29, 0.717) is 5.75 Å². The Morgan fingerprint density at radius 2 is 1.83 bits per heavy atom. The van der Waals surface area contributed by atoms with Gasteiger partial charge in [-0.15, -0.1) is 11.8 Å². The fourth-order valence-corrected chi connectivity index (χ4v) is 4.02. The van der Waals surface area contributed by atoms with E-state index in [-0.39, 0.29) is 11.9 Å². The minimum atomic E-state index is 0.0713. The summed E-state index contributed by atoms with van der Waals surface area (Å²) >= 11 is 1.66. The summed E-state index contributed by atoms with van der Waals surface area (Å²) in [6.07, 6.45) is 4.97. The average molecular weight is 340 g/mol. The topological polar surface area (TPSA) is 29.1 Å². The van der Waals surface area contributed by atoms with E-state index in [1.165, 1.54) is 47.9 Å². The molecule has 3 heteroatoms. The molecule has 126 valence electrons. The molecule has 0 bridgehead atoms.